The average Bonchev–Trinajstić information content (AvgIpc) is 2.73. The van der Waals surface area contributed by atoms with Crippen molar-refractivity contribution in [2.75, 3.05) is 13.1 Å². The lowest BCUT2D eigenvalue weighted by atomic mass is 10.3. The van der Waals surface area contributed by atoms with Gasteiger partial charge in [-0.3, -0.25) is 0 Å². The van der Waals surface area contributed by atoms with Crippen molar-refractivity contribution in [3.63, 3.8) is 0 Å². The molecule has 19 heavy (non-hydrogen) atoms. The van der Waals surface area contributed by atoms with Crippen LogP contribution in [-0.4, -0.2) is 22.6 Å². The molecule has 1 heterocycles. The van der Waals surface area contributed by atoms with E-state index < -0.39 is 0 Å². The van der Waals surface area contributed by atoms with Crippen molar-refractivity contribution in [3.8, 4) is 12.3 Å². The Balaban J connectivity index is 2.26. The fourth-order valence-electron chi connectivity index (χ4n) is 2.11. The summed E-state index contributed by atoms with van der Waals surface area (Å²) < 4.78 is 15.2. The predicted molar refractivity (Wildman–Crippen MR) is 75.4 cm³/mol. The van der Waals surface area contributed by atoms with Crippen molar-refractivity contribution in [1.82, 2.24) is 14.9 Å². The molecule has 3 nitrogen and oxygen atoms in total. The molecule has 100 valence electrons. The number of nitrogens with one attached hydrogen (secondary N) is 1. The molecule has 2 aromatic rings. The number of imidazole rings is 1. The molecule has 0 aliphatic carbocycles. The molecular weight excluding hydrogens is 241 g/mol. The molecule has 0 amide bonds. The number of halogens is 1. The largest absolute Gasteiger partial charge is 0.316 e. The minimum atomic E-state index is -0.270. The maximum atomic E-state index is 13.2. The third-order valence-corrected chi connectivity index (χ3v) is 2.99. The van der Waals surface area contributed by atoms with E-state index in [4.69, 9.17) is 6.42 Å². The topological polar surface area (TPSA) is 29.9 Å². The monoisotopic (exact) mass is 259 g/mol. The zero-order valence-corrected chi connectivity index (χ0v) is 11.1. The molecule has 1 aromatic heterocycles. The summed E-state index contributed by atoms with van der Waals surface area (Å²) in [7, 11) is 0. The quantitative estimate of drug-likeness (QED) is 0.637. The zero-order chi connectivity index (χ0) is 13.7. The maximum Gasteiger partial charge on any atom is 0.125 e. The first kappa shape index (κ1) is 13.6. The number of rotatable bonds is 6. The Hall–Kier alpha value is -1.86. The van der Waals surface area contributed by atoms with Crippen LogP contribution >= 0.6 is 0 Å². The van der Waals surface area contributed by atoms with Crippen molar-refractivity contribution in [2.24, 2.45) is 0 Å². The number of aromatic nitrogens is 2. The molecule has 0 aliphatic heterocycles. The van der Waals surface area contributed by atoms with E-state index in [2.05, 4.69) is 23.1 Å². The van der Waals surface area contributed by atoms with Gasteiger partial charge < -0.3 is 9.88 Å². The zero-order valence-electron chi connectivity index (χ0n) is 11.1. The summed E-state index contributed by atoms with van der Waals surface area (Å²) in [6.45, 7) is 4.43. The van der Waals surface area contributed by atoms with E-state index in [9.17, 15) is 4.39 Å². The minimum Gasteiger partial charge on any atom is -0.316 e. The molecule has 0 unspecified atom stereocenters. The Morgan fingerprint density at radius 3 is 3.00 bits per heavy atom. The lowest BCUT2D eigenvalue weighted by Gasteiger charge is -2.06. The molecule has 0 radical (unpaired) electrons. The van der Waals surface area contributed by atoms with Crippen LogP contribution in [-0.2, 0) is 13.0 Å². The van der Waals surface area contributed by atoms with Crippen LogP contribution in [0.3, 0.4) is 0 Å². The normalized spacial score (nSPS) is 10.8. The summed E-state index contributed by atoms with van der Waals surface area (Å²) >= 11 is 0. The van der Waals surface area contributed by atoms with Gasteiger partial charge in [0.25, 0.3) is 0 Å². The molecular formula is C15H18FN3. The smallest absolute Gasteiger partial charge is 0.125 e. The average molecular weight is 259 g/mol. The summed E-state index contributed by atoms with van der Waals surface area (Å²) in [4.78, 5) is 4.48. The van der Waals surface area contributed by atoms with Gasteiger partial charge in [-0.25, -0.2) is 9.37 Å². The molecule has 0 saturated carbocycles. The summed E-state index contributed by atoms with van der Waals surface area (Å²) in [6, 6.07) is 4.62. The number of hydrogen-bond acceptors (Lipinski definition) is 2. The van der Waals surface area contributed by atoms with Gasteiger partial charge in [0.2, 0.25) is 0 Å². The van der Waals surface area contributed by atoms with Crippen LogP contribution in [0.25, 0.3) is 11.0 Å². The van der Waals surface area contributed by atoms with Crippen LogP contribution in [0.2, 0.25) is 0 Å². The molecule has 1 aromatic carbocycles. The van der Waals surface area contributed by atoms with E-state index in [1.54, 1.807) is 6.07 Å². The van der Waals surface area contributed by atoms with Gasteiger partial charge in [0.05, 0.1) is 17.6 Å². The predicted octanol–water partition coefficient (Wildman–Crippen LogP) is 2.35. The second-order valence-corrected chi connectivity index (χ2v) is 4.45. The molecule has 0 bridgehead atoms. The van der Waals surface area contributed by atoms with E-state index in [-0.39, 0.29) is 5.82 Å². The van der Waals surface area contributed by atoms with E-state index in [1.807, 2.05) is 4.57 Å². The van der Waals surface area contributed by atoms with Crippen molar-refractivity contribution in [1.29, 1.82) is 0 Å². The van der Waals surface area contributed by atoms with Crippen LogP contribution in [0.15, 0.2) is 18.2 Å². The van der Waals surface area contributed by atoms with Crippen molar-refractivity contribution < 1.29 is 4.39 Å². The van der Waals surface area contributed by atoms with Crippen molar-refractivity contribution >= 4 is 11.0 Å². The minimum absolute atomic E-state index is 0.270. The van der Waals surface area contributed by atoms with E-state index in [0.29, 0.717) is 12.1 Å². The second kappa shape index (κ2) is 6.35. The molecule has 0 saturated heterocycles. The van der Waals surface area contributed by atoms with Gasteiger partial charge in [0, 0.05) is 19.0 Å². The van der Waals surface area contributed by atoms with Crippen molar-refractivity contribution in [3.05, 3.63) is 29.8 Å². The van der Waals surface area contributed by atoms with Gasteiger partial charge in [-0.1, -0.05) is 12.8 Å². The Labute approximate surface area is 112 Å². The molecule has 0 spiro atoms. The highest BCUT2D eigenvalue weighted by Crippen LogP contribution is 2.17. The number of benzene rings is 1. The molecule has 4 heteroatoms. The van der Waals surface area contributed by atoms with Gasteiger partial charge in [-0.2, -0.15) is 0 Å². The highest BCUT2D eigenvalue weighted by atomic mass is 19.1. The number of terminal acetylenes is 1. The van der Waals surface area contributed by atoms with Crippen molar-refractivity contribution in [2.45, 2.75) is 26.3 Å². The summed E-state index contributed by atoms with van der Waals surface area (Å²) in [6.07, 6.45) is 7.29. The van der Waals surface area contributed by atoms with E-state index in [1.165, 1.54) is 12.1 Å². The van der Waals surface area contributed by atoms with E-state index >= 15 is 0 Å². The fraction of sp³-hybridized carbons (Fsp3) is 0.400. The maximum absolute atomic E-state index is 13.2. The van der Waals surface area contributed by atoms with Gasteiger partial charge in [0.1, 0.15) is 11.6 Å². The Morgan fingerprint density at radius 2 is 2.26 bits per heavy atom. The highest BCUT2D eigenvalue weighted by Gasteiger charge is 2.10. The lowest BCUT2D eigenvalue weighted by molar-refractivity contribution is 0.629. The molecule has 0 aliphatic rings. The van der Waals surface area contributed by atoms with Crippen LogP contribution < -0.4 is 5.32 Å². The molecule has 0 atom stereocenters. The Kier molecular flexibility index (Phi) is 4.53. The van der Waals surface area contributed by atoms with Gasteiger partial charge >= 0.3 is 0 Å². The molecule has 2 rings (SSSR count). The fourth-order valence-corrected chi connectivity index (χ4v) is 2.11. The first-order chi connectivity index (χ1) is 9.26. The SMILES string of the molecule is C#CCn1c(CCNCCC)nc2cc(F)ccc21. The second-order valence-electron chi connectivity index (χ2n) is 4.45. The van der Waals surface area contributed by atoms with E-state index in [0.717, 1.165) is 37.3 Å². The summed E-state index contributed by atoms with van der Waals surface area (Å²) in [5, 5.41) is 3.33. The number of fused-ring (bicyclic) bond motifs is 1. The highest BCUT2D eigenvalue weighted by molar-refractivity contribution is 5.76. The summed E-state index contributed by atoms with van der Waals surface area (Å²) in [5.41, 5.74) is 1.56. The van der Waals surface area contributed by atoms with Crippen LogP contribution in [0, 0.1) is 18.2 Å². The first-order valence-electron chi connectivity index (χ1n) is 6.55. The third-order valence-electron chi connectivity index (χ3n) is 2.99. The molecule has 0 fully saturated rings. The molecule has 1 N–H and O–H groups in total. The van der Waals surface area contributed by atoms with Gasteiger partial charge in [-0.05, 0) is 25.1 Å². The third kappa shape index (κ3) is 3.12. The van der Waals surface area contributed by atoms with Gasteiger partial charge in [-0.15, -0.1) is 6.42 Å². The summed E-state index contributed by atoms with van der Waals surface area (Å²) in [5.74, 6) is 3.26. The standard InChI is InChI=1S/C15H18FN3/c1-3-8-17-9-7-15-18-13-11-12(16)5-6-14(13)19(15)10-4-2/h2,5-6,11,17H,3,7-10H2,1H3. The van der Waals surface area contributed by atoms with Crippen LogP contribution in [0.1, 0.15) is 19.2 Å². The van der Waals surface area contributed by atoms with Gasteiger partial charge in [0.15, 0.2) is 0 Å². The van der Waals surface area contributed by atoms with Crippen LogP contribution in [0.5, 0.6) is 0 Å². The first-order valence-corrected chi connectivity index (χ1v) is 6.55. The Bertz CT molecular complexity index is 595. The Morgan fingerprint density at radius 1 is 1.42 bits per heavy atom. The lowest BCUT2D eigenvalue weighted by Crippen LogP contribution is -2.19. The van der Waals surface area contributed by atoms with Crippen LogP contribution in [0.4, 0.5) is 4.39 Å². The number of nitrogens with zero attached hydrogens (tertiary/aromatic N) is 2. The number of hydrogen-bond donors (Lipinski definition) is 1.